The smallest absolute Gasteiger partial charge is 0.134 e. The number of nitrogens with zero attached hydrogens (tertiary/aromatic N) is 5. The lowest BCUT2D eigenvalue weighted by Crippen LogP contribution is -2.30. The van der Waals surface area contributed by atoms with E-state index in [0.717, 1.165) is 23.2 Å². The van der Waals surface area contributed by atoms with Gasteiger partial charge in [0.25, 0.3) is 0 Å². The lowest BCUT2D eigenvalue weighted by atomic mass is 10.1. The molecule has 0 unspecified atom stereocenters. The summed E-state index contributed by atoms with van der Waals surface area (Å²) in [6, 6.07) is 9.70. The van der Waals surface area contributed by atoms with Crippen LogP contribution < -0.4 is 5.32 Å². The number of nitrogens with one attached hydrogen (secondary N) is 3. The average molecular weight is 362 g/mol. The highest BCUT2D eigenvalue weighted by Gasteiger charge is 2.22. The Morgan fingerprint density at radius 3 is 2.89 bits per heavy atom. The van der Waals surface area contributed by atoms with Crippen molar-refractivity contribution in [3.05, 3.63) is 48.0 Å². The zero-order valence-electron chi connectivity index (χ0n) is 14.7. The van der Waals surface area contributed by atoms with Crippen LogP contribution in [0.5, 0.6) is 0 Å². The van der Waals surface area contributed by atoms with Gasteiger partial charge in [-0.05, 0) is 19.1 Å². The monoisotopic (exact) mass is 362 g/mol. The molecule has 0 saturated carbocycles. The lowest BCUT2D eigenvalue weighted by Gasteiger charge is -2.25. The van der Waals surface area contributed by atoms with Crippen molar-refractivity contribution in [1.82, 2.24) is 25.0 Å². The van der Waals surface area contributed by atoms with E-state index in [1.807, 2.05) is 35.1 Å². The number of hydrogen-bond acceptors (Lipinski definition) is 8. The van der Waals surface area contributed by atoms with Gasteiger partial charge in [0.1, 0.15) is 23.4 Å². The summed E-state index contributed by atoms with van der Waals surface area (Å²) in [7, 11) is 0. The van der Waals surface area contributed by atoms with Crippen LogP contribution in [0.3, 0.4) is 0 Å². The summed E-state index contributed by atoms with van der Waals surface area (Å²) >= 11 is 0. The normalized spacial score (nSPS) is 13.8. The van der Waals surface area contributed by atoms with E-state index in [1.165, 1.54) is 0 Å². The first kappa shape index (κ1) is 17.0. The van der Waals surface area contributed by atoms with Crippen LogP contribution in [0.1, 0.15) is 17.6 Å². The van der Waals surface area contributed by atoms with Crippen molar-refractivity contribution < 1.29 is 4.74 Å². The predicted octanol–water partition coefficient (Wildman–Crippen LogP) is 2.38. The Kier molecular flexibility index (Phi) is 4.43. The zero-order chi connectivity index (χ0) is 18.8. The predicted molar refractivity (Wildman–Crippen MR) is 101 cm³/mol. The first-order valence-corrected chi connectivity index (χ1v) is 8.44. The average Bonchev–Trinajstić information content (AvgIpc) is 3.08. The second-order valence-corrected chi connectivity index (χ2v) is 6.22. The van der Waals surface area contributed by atoms with Crippen molar-refractivity contribution in [1.29, 1.82) is 10.8 Å². The molecule has 3 heterocycles. The van der Waals surface area contributed by atoms with Crippen LogP contribution in [0.25, 0.3) is 11.3 Å². The van der Waals surface area contributed by atoms with Crippen LogP contribution in [-0.2, 0) is 4.74 Å². The zero-order valence-corrected chi connectivity index (χ0v) is 14.7. The molecule has 2 aromatic heterocycles. The molecule has 0 radical (unpaired) electrons. The molecule has 0 aliphatic carbocycles. The van der Waals surface area contributed by atoms with Crippen molar-refractivity contribution >= 4 is 23.4 Å². The first-order chi connectivity index (χ1) is 13.1. The highest BCUT2D eigenvalue weighted by Crippen LogP contribution is 2.24. The van der Waals surface area contributed by atoms with Gasteiger partial charge in [-0.2, -0.15) is 0 Å². The van der Waals surface area contributed by atoms with Gasteiger partial charge in [0, 0.05) is 23.5 Å². The third kappa shape index (κ3) is 3.58. The Labute approximate surface area is 155 Å². The molecule has 27 heavy (non-hydrogen) atoms. The maximum Gasteiger partial charge on any atom is 0.134 e. The highest BCUT2D eigenvalue weighted by atomic mass is 16.5. The van der Waals surface area contributed by atoms with Gasteiger partial charge in [-0.1, -0.05) is 17.3 Å². The van der Waals surface area contributed by atoms with Gasteiger partial charge >= 0.3 is 0 Å². The van der Waals surface area contributed by atoms with Gasteiger partial charge < -0.3 is 15.5 Å². The van der Waals surface area contributed by atoms with Gasteiger partial charge in [0.05, 0.1) is 30.8 Å². The third-order valence-corrected chi connectivity index (χ3v) is 4.19. The van der Waals surface area contributed by atoms with Gasteiger partial charge in [0.2, 0.25) is 0 Å². The van der Waals surface area contributed by atoms with Crippen LogP contribution in [-0.4, -0.2) is 50.1 Å². The van der Waals surface area contributed by atoms with Gasteiger partial charge in [-0.3, -0.25) is 5.41 Å². The molecule has 0 bridgehead atoms. The van der Waals surface area contributed by atoms with E-state index in [0.29, 0.717) is 30.5 Å². The van der Waals surface area contributed by atoms with E-state index in [1.54, 1.807) is 13.0 Å². The molecule has 9 nitrogen and oxygen atoms in total. The molecule has 3 N–H and O–H groups in total. The quantitative estimate of drug-likeness (QED) is 0.578. The largest absolute Gasteiger partial charge is 0.377 e. The van der Waals surface area contributed by atoms with E-state index >= 15 is 0 Å². The fourth-order valence-electron chi connectivity index (χ4n) is 2.71. The van der Waals surface area contributed by atoms with Crippen molar-refractivity contribution in [2.45, 2.75) is 13.0 Å². The van der Waals surface area contributed by atoms with E-state index in [-0.39, 0.29) is 11.8 Å². The Morgan fingerprint density at radius 2 is 2.15 bits per heavy atom. The van der Waals surface area contributed by atoms with Gasteiger partial charge in [-0.25, -0.2) is 14.6 Å². The molecule has 4 rings (SSSR count). The Morgan fingerprint density at radius 1 is 1.30 bits per heavy atom. The number of hydrogen-bond donors (Lipinski definition) is 3. The van der Waals surface area contributed by atoms with Gasteiger partial charge in [0.15, 0.2) is 0 Å². The van der Waals surface area contributed by atoms with Crippen LogP contribution in [0.15, 0.2) is 36.5 Å². The summed E-state index contributed by atoms with van der Waals surface area (Å²) in [4.78, 5) is 8.54. The maximum atomic E-state index is 7.77. The molecule has 1 aromatic carbocycles. The molecule has 136 valence electrons. The maximum absolute atomic E-state index is 7.77. The molecular formula is C18H18N8O. The van der Waals surface area contributed by atoms with Crippen LogP contribution in [0.2, 0.25) is 0 Å². The molecule has 0 spiro atoms. The molecule has 1 fully saturated rings. The second-order valence-electron chi connectivity index (χ2n) is 6.22. The standard InChI is InChI=1S/C18H18N8O/c1-11-21-16(15(20)7-19)6-18(22-11)23-13-4-2-3-12(5-13)17-8-26(25-24-17)14-9-27-10-14/h2-8,14,19-20H,9-10H2,1H3,(H,21,22,23). The van der Waals surface area contributed by atoms with E-state index in [9.17, 15) is 0 Å². The highest BCUT2D eigenvalue weighted by molar-refractivity contribution is 6.35. The summed E-state index contributed by atoms with van der Waals surface area (Å²) in [6.07, 6.45) is 2.88. The molecule has 3 aromatic rings. The topological polar surface area (TPSA) is 125 Å². The SMILES string of the molecule is Cc1nc(Nc2cccc(-c3cn(C4COC4)nn3)c2)cc(C(=N)C=N)n1. The summed E-state index contributed by atoms with van der Waals surface area (Å²) < 4.78 is 7.03. The summed E-state index contributed by atoms with van der Waals surface area (Å²) in [5.74, 6) is 1.10. The number of rotatable bonds is 6. The lowest BCUT2D eigenvalue weighted by molar-refractivity contribution is -0.0293. The molecule has 9 heteroatoms. The molecule has 0 atom stereocenters. The minimum atomic E-state index is 0.0360. The summed E-state index contributed by atoms with van der Waals surface area (Å²) in [5, 5.41) is 26.7. The summed E-state index contributed by atoms with van der Waals surface area (Å²) in [6.45, 7) is 3.10. The number of ether oxygens (including phenoxy) is 1. The van der Waals surface area contributed by atoms with Crippen LogP contribution >= 0.6 is 0 Å². The van der Waals surface area contributed by atoms with Crippen molar-refractivity contribution in [2.24, 2.45) is 0 Å². The molecule has 1 saturated heterocycles. The second kappa shape index (κ2) is 7.04. The summed E-state index contributed by atoms with van der Waals surface area (Å²) in [5.41, 5.74) is 3.00. The Bertz CT molecular complexity index is 1010. The number of aromatic nitrogens is 5. The van der Waals surface area contributed by atoms with E-state index < -0.39 is 0 Å². The molecule has 1 aliphatic heterocycles. The van der Waals surface area contributed by atoms with Crippen LogP contribution in [0, 0.1) is 17.7 Å². The minimum Gasteiger partial charge on any atom is -0.377 e. The fraction of sp³-hybridized carbons (Fsp3) is 0.222. The number of benzene rings is 1. The number of aryl methyl sites for hydroxylation is 1. The third-order valence-electron chi connectivity index (χ3n) is 4.19. The first-order valence-electron chi connectivity index (χ1n) is 8.44. The Hall–Kier alpha value is -3.46. The van der Waals surface area contributed by atoms with Crippen molar-refractivity contribution in [2.75, 3.05) is 18.5 Å². The van der Waals surface area contributed by atoms with Crippen LogP contribution in [0.4, 0.5) is 11.5 Å². The van der Waals surface area contributed by atoms with Gasteiger partial charge in [-0.15, -0.1) is 5.10 Å². The number of anilines is 2. The van der Waals surface area contributed by atoms with E-state index in [4.69, 9.17) is 15.6 Å². The molecule has 1 aliphatic rings. The Balaban J connectivity index is 1.58. The van der Waals surface area contributed by atoms with Crippen molar-refractivity contribution in [3.8, 4) is 11.3 Å². The van der Waals surface area contributed by atoms with E-state index in [2.05, 4.69) is 25.6 Å². The fourth-order valence-corrected chi connectivity index (χ4v) is 2.71. The minimum absolute atomic E-state index is 0.0360. The molecule has 0 amide bonds. The van der Waals surface area contributed by atoms with Crippen molar-refractivity contribution in [3.63, 3.8) is 0 Å². The molecular weight excluding hydrogens is 344 g/mol.